The molecule has 23 heavy (non-hydrogen) atoms. The summed E-state index contributed by atoms with van der Waals surface area (Å²) in [6.07, 6.45) is 1.47. The van der Waals surface area contributed by atoms with Gasteiger partial charge in [-0.05, 0) is 18.1 Å². The zero-order chi connectivity index (χ0) is 16.0. The summed E-state index contributed by atoms with van der Waals surface area (Å²) >= 11 is 0. The molecule has 6 heteroatoms. The van der Waals surface area contributed by atoms with Crippen molar-refractivity contribution in [3.05, 3.63) is 29.8 Å². The molecule has 122 valence electrons. The van der Waals surface area contributed by atoms with Crippen LogP contribution in [0.4, 0.5) is 10.5 Å². The average molecular weight is 315 g/mol. The predicted octanol–water partition coefficient (Wildman–Crippen LogP) is 1.10. The molecule has 3 aliphatic heterocycles. The van der Waals surface area contributed by atoms with Crippen LogP contribution in [0.15, 0.2) is 24.3 Å². The van der Waals surface area contributed by atoms with Crippen LogP contribution < -0.4 is 4.90 Å². The molecule has 0 bridgehead atoms. The minimum Gasteiger partial charge on any atom is -0.439 e. The van der Waals surface area contributed by atoms with Gasteiger partial charge in [-0.3, -0.25) is 9.69 Å². The van der Waals surface area contributed by atoms with E-state index < -0.39 is 5.60 Å². The summed E-state index contributed by atoms with van der Waals surface area (Å²) in [6, 6.07) is 8.09. The van der Waals surface area contributed by atoms with E-state index in [1.165, 1.54) is 5.56 Å². The number of likely N-dealkylation sites (tertiary alicyclic amines) is 1. The highest BCUT2D eigenvalue weighted by atomic mass is 16.6. The standard InChI is InChI=1S/C17H21N3O3/c1-18-11-17(23-16(18)22)7-9-19(12-17)10-15(21)20-8-6-13-4-2-3-5-14(13)20/h2-5H,6-12H2,1H3/t17-/m0/s1. The number of benzene rings is 1. The third-order valence-electron chi connectivity index (χ3n) is 5.08. The first-order valence-electron chi connectivity index (χ1n) is 8.11. The number of hydrogen-bond acceptors (Lipinski definition) is 4. The molecule has 1 aromatic rings. The van der Waals surface area contributed by atoms with Crippen LogP contribution in [0.3, 0.4) is 0 Å². The van der Waals surface area contributed by atoms with Crippen LogP contribution in [0.25, 0.3) is 0 Å². The highest BCUT2D eigenvalue weighted by Crippen LogP contribution is 2.32. The Morgan fingerprint density at radius 3 is 2.87 bits per heavy atom. The van der Waals surface area contributed by atoms with E-state index in [1.54, 1.807) is 11.9 Å². The molecule has 3 heterocycles. The second kappa shape index (κ2) is 5.23. The quantitative estimate of drug-likeness (QED) is 0.820. The summed E-state index contributed by atoms with van der Waals surface area (Å²) in [4.78, 5) is 29.9. The van der Waals surface area contributed by atoms with Crippen LogP contribution in [0, 0.1) is 0 Å². The van der Waals surface area contributed by atoms with E-state index >= 15 is 0 Å². The van der Waals surface area contributed by atoms with E-state index in [1.807, 2.05) is 23.1 Å². The smallest absolute Gasteiger partial charge is 0.410 e. The molecule has 0 aromatic heterocycles. The van der Waals surface area contributed by atoms with E-state index in [0.717, 1.165) is 31.6 Å². The lowest BCUT2D eigenvalue weighted by Gasteiger charge is -2.24. The van der Waals surface area contributed by atoms with Crippen molar-refractivity contribution in [2.45, 2.75) is 18.4 Å². The monoisotopic (exact) mass is 315 g/mol. The van der Waals surface area contributed by atoms with Gasteiger partial charge in [0, 0.05) is 38.8 Å². The summed E-state index contributed by atoms with van der Waals surface area (Å²) in [7, 11) is 1.76. The van der Waals surface area contributed by atoms with Crippen molar-refractivity contribution < 1.29 is 14.3 Å². The Kier molecular flexibility index (Phi) is 3.30. The molecule has 1 spiro atoms. The molecule has 0 saturated carbocycles. The van der Waals surface area contributed by atoms with Crippen molar-refractivity contribution in [3.8, 4) is 0 Å². The second-order valence-corrected chi connectivity index (χ2v) is 6.79. The molecule has 3 aliphatic rings. The second-order valence-electron chi connectivity index (χ2n) is 6.79. The Balaban J connectivity index is 1.40. The largest absolute Gasteiger partial charge is 0.439 e. The zero-order valence-corrected chi connectivity index (χ0v) is 13.3. The third-order valence-corrected chi connectivity index (χ3v) is 5.08. The topological polar surface area (TPSA) is 53.1 Å². The number of anilines is 1. The average Bonchev–Trinajstić information content (AvgIpc) is 3.18. The van der Waals surface area contributed by atoms with Crippen molar-refractivity contribution in [1.82, 2.24) is 9.80 Å². The highest BCUT2D eigenvalue weighted by molar-refractivity contribution is 5.96. The molecule has 0 radical (unpaired) electrons. The van der Waals surface area contributed by atoms with Gasteiger partial charge in [0.2, 0.25) is 5.91 Å². The van der Waals surface area contributed by atoms with Crippen molar-refractivity contribution in [3.63, 3.8) is 0 Å². The summed E-state index contributed by atoms with van der Waals surface area (Å²) < 4.78 is 5.54. The van der Waals surface area contributed by atoms with E-state index in [-0.39, 0.29) is 12.0 Å². The van der Waals surface area contributed by atoms with E-state index in [2.05, 4.69) is 11.0 Å². The van der Waals surface area contributed by atoms with E-state index in [4.69, 9.17) is 4.74 Å². The van der Waals surface area contributed by atoms with Crippen LogP contribution in [-0.2, 0) is 16.0 Å². The minimum absolute atomic E-state index is 0.129. The third kappa shape index (κ3) is 2.47. The Morgan fingerprint density at radius 1 is 1.26 bits per heavy atom. The van der Waals surface area contributed by atoms with Gasteiger partial charge in [-0.25, -0.2) is 4.79 Å². The van der Waals surface area contributed by atoms with Gasteiger partial charge in [0.15, 0.2) is 0 Å². The molecule has 6 nitrogen and oxygen atoms in total. The van der Waals surface area contributed by atoms with Crippen LogP contribution in [0.1, 0.15) is 12.0 Å². The number of carbonyl (C=O) groups excluding carboxylic acids is 2. The van der Waals surface area contributed by atoms with Gasteiger partial charge in [0.25, 0.3) is 0 Å². The summed E-state index contributed by atoms with van der Waals surface area (Å²) in [5, 5.41) is 0. The number of carbonyl (C=O) groups is 2. The predicted molar refractivity (Wildman–Crippen MR) is 85.4 cm³/mol. The number of amides is 2. The maximum atomic E-state index is 12.7. The fraction of sp³-hybridized carbons (Fsp3) is 0.529. The number of para-hydroxylation sites is 1. The lowest BCUT2D eigenvalue weighted by molar-refractivity contribution is -0.119. The molecular weight excluding hydrogens is 294 g/mol. The number of hydrogen-bond donors (Lipinski definition) is 0. The first-order valence-corrected chi connectivity index (χ1v) is 8.11. The Labute approximate surface area is 135 Å². The van der Waals surface area contributed by atoms with E-state index in [9.17, 15) is 9.59 Å². The number of nitrogens with zero attached hydrogens (tertiary/aromatic N) is 3. The Bertz CT molecular complexity index is 662. The first kappa shape index (κ1) is 14.5. The van der Waals surface area contributed by atoms with Crippen LogP contribution in [0.2, 0.25) is 0 Å². The van der Waals surface area contributed by atoms with Crippen molar-refractivity contribution >= 4 is 17.7 Å². The Morgan fingerprint density at radius 2 is 2.09 bits per heavy atom. The van der Waals surface area contributed by atoms with Crippen molar-refractivity contribution in [2.75, 3.05) is 44.7 Å². The first-order chi connectivity index (χ1) is 11.1. The number of ether oxygens (including phenoxy) is 1. The molecular formula is C17H21N3O3. The number of fused-ring (bicyclic) bond motifs is 1. The fourth-order valence-electron chi connectivity index (χ4n) is 3.94. The van der Waals surface area contributed by atoms with Gasteiger partial charge in [0.05, 0.1) is 13.1 Å². The molecule has 1 aromatic carbocycles. The summed E-state index contributed by atoms with van der Waals surface area (Å²) in [5.41, 5.74) is 1.86. The highest BCUT2D eigenvalue weighted by Gasteiger charge is 2.48. The van der Waals surface area contributed by atoms with Gasteiger partial charge < -0.3 is 14.5 Å². The van der Waals surface area contributed by atoms with Crippen molar-refractivity contribution in [2.24, 2.45) is 0 Å². The fourth-order valence-corrected chi connectivity index (χ4v) is 3.94. The zero-order valence-electron chi connectivity index (χ0n) is 13.3. The molecule has 0 unspecified atom stereocenters. The summed E-state index contributed by atoms with van der Waals surface area (Å²) in [6.45, 7) is 3.20. The lowest BCUT2D eigenvalue weighted by atomic mass is 10.0. The Hall–Kier alpha value is -2.08. The van der Waals surface area contributed by atoms with Crippen LogP contribution in [-0.4, -0.2) is 67.2 Å². The van der Waals surface area contributed by atoms with Gasteiger partial charge >= 0.3 is 6.09 Å². The molecule has 2 saturated heterocycles. The molecule has 4 rings (SSSR count). The van der Waals surface area contributed by atoms with Gasteiger partial charge in [-0.15, -0.1) is 0 Å². The molecule has 1 atom stereocenters. The lowest BCUT2D eigenvalue weighted by Crippen LogP contribution is -2.42. The molecule has 2 fully saturated rings. The van der Waals surface area contributed by atoms with Gasteiger partial charge in [-0.1, -0.05) is 18.2 Å². The normalized spacial score (nSPS) is 26.9. The molecule has 0 N–H and O–H groups in total. The number of likely N-dealkylation sites (N-methyl/N-ethyl adjacent to an activating group) is 1. The summed E-state index contributed by atoms with van der Waals surface area (Å²) in [5.74, 6) is 0.129. The van der Waals surface area contributed by atoms with Gasteiger partial charge in [0.1, 0.15) is 5.60 Å². The molecule has 0 aliphatic carbocycles. The van der Waals surface area contributed by atoms with E-state index in [0.29, 0.717) is 19.6 Å². The van der Waals surface area contributed by atoms with Crippen molar-refractivity contribution in [1.29, 1.82) is 0 Å². The SMILES string of the molecule is CN1C[C@]2(CCN(CC(=O)N3CCc4ccccc43)C2)OC1=O. The molecule has 2 amide bonds. The maximum absolute atomic E-state index is 12.7. The van der Waals surface area contributed by atoms with Crippen LogP contribution in [0.5, 0.6) is 0 Å². The van der Waals surface area contributed by atoms with Gasteiger partial charge in [-0.2, -0.15) is 0 Å². The van der Waals surface area contributed by atoms with Crippen LogP contribution >= 0.6 is 0 Å². The minimum atomic E-state index is -0.422. The maximum Gasteiger partial charge on any atom is 0.410 e. The number of rotatable bonds is 2.